The second kappa shape index (κ2) is 6.51. The Kier molecular flexibility index (Phi) is 4.04. The van der Waals surface area contributed by atoms with Crippen molar-refractivity contribution in [3.05, 3.63) is 41.5 Å². The molecule has 0 aliphatic carbocycles. The highest BCUT2D eigenvalue weighted by Gasteiger charge is 2.18. The summed E-state index contributed by atoms with van der Waals surface area (Å²) in [5.41, 5.74) is 2.66. The summed E-state index contributed by atoms with van der Waals surface area (Å²) in [6.07, 6.45) is 3.21. The van der Waals surface area contributed by atoms with Crippen molar-refractivity contribution in [3.63, 3.8) is 0 Å². The molecule has 1 aliphatic rings. The maximum absolute atomic E-state index is 5.64. The van der Waals surface area contributed by atoms with E-state index in [1.165, 1.54) is 6.33 Å². The first-order valence-electron chi connectivity index (χ1n) is 8.11. The second-order valence-electron chi connectivity index (χ2n) is 5.81. The van der Waals surface area contributed by atoms with Crippen LogP contribution < -0.4 is 14.2 Å². The number of hydrogen-bond donors (Lipinski definition) is 0. The first-order valence-corrected chi connectivity index (χ1v) is 8.11. The van der Waals surface area contributed by atoms with Crippen molar-refractivity contribution in [3.8, 4) is 23.2 Å². The van der Waals surface area contributed by atoms with Crippen molar-refractivity contribution in [2.45, 2.75) is 13.8 Å². The highest BCUT2D eigenvalue weighted by Crippen LogP contribution is 2.40. The van der Waals surface area contributed by atoms with Crippen molar-refractivity contribution in [2.75, 3.05) is 20.3 Å². The van der Waals surface area contributed by atoms with Gasteiger partial charge in [-0.25, -0.2) is 4.68 Å². The summed E-state index contributed by atoms with van der Waals surface area (Å²) < 4.78 is 19.9. The van der Waals surface area contributed by atoms with Gasteiger partial charge in [-0.1, -0.05) is 0 Å². The molecule has 9 nitrogen and oxygen atoms in total. The fourth-order valence-corrected chi connectivity index (χ4v) is 2.77. The van der Waals surface area contributed by atoms with E-state index in [0.717, 1.165) is 17.0 Å². The normalized spacial score (nSPS) is 13.3. The van der Waals surface area contributed by atoms with Crippen molar-refractivity contribution in [2.24, 2.45) is 5.10 Å². The predicted molar refractivity (Wildman–Crippen MR) is 93.6 cm³/mol. The molecule has 0 unspecified atom stereocenters. The van der Waals surface area contributed by atoms with Gasteiger partial charge in [0.1, 0.15) is 19.5 Å². The van der Waals surface area contributed by atoms with E-state index in [9.17, 15) is 0 Å². The topological polar surface area (TPSA) is 88.6 Å². The maximum Gasteiger partial charge on any atom is 0.273 e. The van der Waals surface area contributed by atoms with Crippen molar-refractivity contribution in [1.29, 1.82) is 0 Å². The van der Waals surface area contributed by atoms with E-state index in [1.807, 2.05) is 32.0 Å². The molecule has 0 N–H and O–H groups in total. The van der Waals surface area contributed by atoms with E-state index in [1.54, 1.807) is 22.7 Å². The van der Waals surface area contributed by atoms with Crippen LogP contribution in [0.15, 0.2) is 29.6 Å². The summed E-state index contributed by atoms with van der Waals surface area (Å²) >= 11 is 0. The largest absolute Gasteiger partial charge is 0.493 e. The van der Waals surface area contributed by atoms with E-state index in [2.05, 4.69) is 20.4 Å². The predicted octanol–water partition coefficient (Wildman–Crippen LogP) is 1.74. The average Bonchev–Trinajstić information content (AvgIpc) is 3.24. The van der Waals surface area contributed by atoms with Crippen molar-refractivity contribution in [1.82, 2.24) is 24.7 Å². The van der Waals surface area contributed by atoms with Gasteiger partial charge in [-0.3, -0.25) is 0 Å². The highest BCUT2D eigenvalue weighted by molar-refractivity contribution is 5.82. The third-order valence-corrected chi connectivity index (χ3v) is 3.89. The minimum absolute atomic E-state index is 0.503. The van der Waals surface area contributed by atoms with Crippen LogP contribution in [0.2, 0.25) is 0 Å². The molecule has 4 rings (SSSR count). The molecule has 0 saturated heterocycles. The van der Waals surface area contributed by atoms with Gasteiger partial charge in [0.25, 0.3) is 5.95 Å². The summed E-state index contributed by atoms with van der Waals surface area (Å²) in [6.45, 7) is 4.89. The summed E-state index contributed by atoms with van der Waals surface area (Å²) in [7, 11) is 1.59. The molecule has 0 spiro atoms. The minimum Gasteiger partial charge on any atom is -0.493 e. The Bertz CT molecular complexity index is 958. The molecule has 2 aromatic heterocycles. The van der Waals surface area contributed by atoms with Crippen LogP contribution in [-0.4, -0.2) is 51.2 Å². The number of nitrogens with zero attached hydrogens (tertiary/aromatic N) is 6. The molecule has 0 amide bonds. The van der Waals surface area contributed by atoms with Gasteiger partial charge in [0.05, 0.1) is 19.0 Å². The summed E-state index contributed by atoms with van der Waals surface area (Å²) in [5.74, 6) is 2.37. The number of benzene rings is 1. The van der Waals surface area contributed by atoms with E-state index in [-0.39, 0.29) is 0 Å². The van der Waals surface area contributed by atoms with Gasteiger partial charge in [0, 0.05) is 11.3 Å². The Morgan fingerprint density at radius 1 is 1.19 bits per heavy atom. The molecule has 1 aliphatic heterocycles. The lowest BCUT2D eigenvalue weighted by atomic mass is 10.2. The summed E-state index contributed by atoms with van der Waals surface area (Å²) in [5, 5.41) is 16.9. The Balaban J connectivity index is 1.68. The zero-order valence-corrected chi connectivity index (χ0v) is 14.7. The summed E-state index contributed by atoms with van der Waals surface area (Å²) in [4.78, 5) is 0. The van der Waals surface area contributed by atoms with Crippen LogP contribution in [0.4, 0.5) is 0 Å². The molecule has 0 atom stereocenters. The molecule has 9 heteroatoms. The molecule has 0 bridgehead atoms. The number of rotatable bonds is 4. The molecular formula is C17H18N6O3. The third-order valence-electron chi connectivity index (χ3n) is 3.89. The Hall–Kier alpha value is -3.36. The van der Waals surface area contributed by atoms with Gasteiger partial charge in [0.2, 0.25) is 5.75 Å². The van der Waals surface area contributed by atoms with Gasteiger partial charge < -0.3 is 14.2 Å². The Morgan fingerprint density at radius 2 is 2.04 bits per heavy atom. The monoisotopic (exact) mass is 354 g/mol. The maximum atomic E-state index is 5.64. The molecular weight excluding hydrogens is 336 g/mol. The van der Waals surface area contributed by atoms with Gasteiger partial charge in [-0.2, -0.15) is 14.9 Å². The zero-order valence-electron chi connectivity index (χ0n) is 14.7. The van der Waals surface area contributed by atoms with Gasteiger partial charge in [0.15, 0.2) is 11.5 Å². The number of ether oxygens (including phenoxy) is 3. The highest BCUT2D eigenvalue weighted by atomic mass is 16.6. The van der Waals surface area contributed by atoms with E-state index >= 15 is 0 Å². The molecule has 26 heavy (non-hydrogen) atoms. The lowest BCUT2D eigenvalue weighted by Crippen LogP contribution is -2.16. The molecule has 0 fully saturated rings. The average molecular weight is 354 g/mol. The second-order valence-corrected chi connectivity index (χ2v) is 5.81. The van der Waals surface area contributed by atoms with Crippen LogP contribution in [0.3, 0.4) is 0 Å². The Labute approximate surface area is 149 Å². The fraction of sp³-hybridized carbons (Fsp3) is 0.294. The smallest absolute Gasteiger partial charge is 0.273 e. The van der Waals surface area contributed by atoms with Crippen LogP contribution in [0.25, 0.3) is 5.95 Å². The van der Waals surface area contributed by atoms with E-state index in [0.29, 0.717) is 36.4 Å². The molecule has 3 aromatic rings. The number of methoxy groups -OCH3 is 1. The van der Waals surface area contributed by atoms with Crippen molar-refractivity contribution >= 4 is 6.21 Å². The number of aryl methyl sites for hydroxylation is 2. The standard InChI is InChI=1S/C17H18N6O3/c1-11-6-12(2)23(21-11)17-20-18-10-22(17)19-9-13-7-14(24-3)16-15(8-13)25-4-5-26-16/h6-10H,4-5H2,1-3H3/b19-9-. The fourth-order valence-electron chi connectivity index (χ4n) is 2.77. The number of fused-ring (bicyclic) bond motifs is 1. The SMILES string of the molecule is COc1cc(/C=N\n2cnnc2-n2nc(C)cc2C)cc2c1OCCO2. The molecule has 0 radical (unpaired) electrons. The molecule has 134 valence electrons. The molecule has 3 heterocycles. The van der Waals surface area contributed by atoms with E-state index < -0.39 is 0 Å². The number of hydrogen-bond acceptors (Lipinski definition) is 7. The third kappa shape index (κ3) is 2.87. The Morgan fingerprint density at radius 3 is 2.81 bits per heavy atom. The van der Waals surface area contributed by atoms with Crippen LogP contribution in [0, 0.1) is 13.8 Å². The number of aromatic nitrogens is 5. The zero-order chi connectivity index (χ0) is 18.1. The van der Waals surface area contributed by atoms with Crippen LogP contribution in [-0.2, 0) is 0 Å². The van der Waals surface area contributed by atoms with Gasteiger partial charge >= 0.3 is 0 Å². The van der Waals surface area contributed by atoms with Crippen LogP contribution in [0.5, 0.6) is 17.2 Å². The summed E-state index contributed by atoms with van der Waals surface area (Å²) in [6, 6.07) is 5.66. The quantitative estimate of drug-likeness (QED) is 0.663. The molecule has 1 aromatic carbocycles. The van der Waals surface area contributed by atoms with E-state index in [4.69, 9.17) is 14.2 Å². The van der Waals surface area contributed by atoms with Gasteiger partial charge in [-0.15, -0.1) is 10.2 Å². The first kappa shape index (κ1) is 16.1. The molecule has 0 saturated carbocycles. The van der Waals surface area contributed by atoms with Crippen LogP contribution >= 0.6 is 0 Å². The minimum atomic E-state index is 0.503. The lowest BCUT2D eigenvalue weighted by molar-refractivity contribution is 0.165. The van der Waals surface area contributed by atoms with Crippen molar-refractivity contribution < 1.29 is 14.2 Å². The lowest BCUT2D eigenvalue weighted by Gasteiger charge is -2.20. The first-order chi connectivity index (χ1) is 12.7. The van der Waals surface area contributed by atoms with Crippen LogP contribution in [0.1, 0.15) is 17.0 Å². The van der Waals surface area contributed by atoms with Gasteiger partial charge in [-0.05, 0) is 32.0 Å².